The number of amides is 2. The van der Waals surface area contributed by atoms with Gasteiger partial charge in [0.2, 0.25) is 10.0 Å². The van der Waals surface area contributed by atoms with Crippen LogP contribution < -0.4 is 14.9 Å². The van der Waals surface area contributed by atoms with Gasteiger partial charge in [-0.3, -0.25) is 0 Å². The van der Waals surface area contributed by atoms with Crippen molar-refractivity contribution < 1.29 is 17.9 Å². The molecule has 2 amide bonds. The number of urea groups is 1. The van der Waals surface area contributed by atoms with Gasteiger partial charge in [-0.05, 0) is 71.2 Å². The second kappa shape index (κ2) is 9.75. The van der Waals surface area contributed by atoms with Crippen molar-refractivity contribution in [2.45, 2.75) is 71.0 Å². The molecule has 2 atom stereocenters. The fourth-order valence-corrected chi connectivity index (χ4v) is 5.21. The molecule has 0 spiro atoms. The normalized spacial score (nSPS) is 23.3. The smallest absolute Gasteiger partial charge is 0.321 e. The quantitative estimate of drug-likeness (QED) is 0.717. The number of piperidine rings is 1. The highest BCUT2D eigenvalue weighted by Crippen LogP contribution is 2.27. The third-order valence-electron chi connectivity index (χ3n) is 5.94. The lowest BCUT2D eigenvalue weighted by Crippen LogP contribution is -2.48. The molecule has 9 heteroatoms. The summed E-state index contributed by atoms with van der Waals surface area (Å²) in [4.78, 5) is 16.8. The number of carbonyl (C=O) groups is 1. The Labute approximate surface area is 186 Å². The van der Waals surface area contributed by atoms with E-state index in [0.717, 1.165) is 24.3 Å². The van der Waals surface area contributed by atoms with Crippen LogP contribution in [0.1, 0.15) is 46.1 Å². The first-order chi connectivity index (χ1) is 14.5. The predicted octanol–water partition coefficient (Wildman–Crippen LogP) is 2.93. The molecule has 2 unspecified atom stereocenters. The van der Waals surface area contributed by atoms with Gasteiger partial charge in [-0.15, -0.1) is 0 Å². The number of sulfonamides is 1. The lowest BCUT2D eigenvalue weighted by Gasteiger charge is -2.37. The second-order valence-corrected chi connectivity index (χ2v) is 11.3. The number of benzene rings is 1. The van der Waals surface area contributed by atoms with Crippen LogP contribution in [0.4, 0.5) is 16.2 Å². The highest BCUT2D eigenvalue weighted by Gasteiger charge is 2.27. The van der Waals surface area contributed by atoms with Crippen molar-refractivity contribution in [2.24, 2.45) is 0 Å². The maximum absolute atomic E-state index is 12.7. The summed E-state index contributed by atoms with van der Waals surface area (Å²) in [5.41, 5.74) is 3.04. The fourth-order valence-electron chi connectivity index (χ4n) is 4.23. The minimum Gasteiger partial charge on any atom is -0.372 e. The number of anilines is 2. The first kappa shape index (κ1) is 23.8. The Morgan fingerprint density at radius 3 is 2.29 bits per heavy atom. The van der Waals surface area contributed by atoms with E-state index in [-0.39, 0.29) is 24.3 Å². The molecule has 0 aromatic heterocycles. The average Bonchev–Trinajstić information content (AvgIpc) is 2.67. The van der Waals surface area contributed by atoms with Gasteiger partial charge in [0, 0.05) is 43.6 Å². The van der Waals surface area contributed by atoms with Crippen LogP contribution >= 0.6 is 0 Å². The minimum atomic E-state index is -3.29. The number of rotatable bonds is 5. The van der Waals surface area contributed by atoms with Gasteiger partial charge in [-0.2, -0.15) is 0 Å². The maximum Gasteiger partial charge on any atom is 0.321 e. The predicted molar refractivity (Wildman–Crippen MR) is 124 cm³/mol. The highest BCUT2D eigenvalue weighted by atomic mass is 32.2. The second-order valence-electron chi connectivity index (χ2n) is 9.07. The minimum absolute atomic E-state index is 0.115. The van der Waals surface area contributed by atoms with Gasteiger partial charge < -0.3 is 19.9 Å². The van der Waals surface area contributed by atoms with Gasteiger partial charge >= 0.3 is 6.03 Å². The van der Waals surface area contributed by atoms with Crippen molar-refractivity contribution in [3.05, 3.63) is 23.8 Å². The van der Waals surface area contributed by atoms with Gasteiger partial charge in [0.05, 0.1) is 17.5 Å². The molecule has 2 heterocycles. The molecule has 0 aliphatic carbocycles. The molecular formula is C22H36N4O4S. The van der Waals surface area contributed by atoms with Gasteiger partial charge in [-0.1, -0.05) is 0 Å². The summed E-state index contributed by atoms with van der Waals surface area (Å²) in [5, 5.41) is 2.53. The summed E-state index contributed by atoms with van der Waals surface area (Å²) in [6.07, 6.45) is 1.61. The van der Waals surface area contributed by atoms with E-state index in [4.69, 9.17) is 4.74 Å². The number of likely N-dealkylation sites (tertiary alicyclic amines) is 1. The SMILES string of the molecule is Cc1cc(NC(=O)N2CCC(NS(=O)(=O)C(C)C)CC2)ccc1N1CC(C)OC(C)C1. The molecule has 0 bridgehead atoms. The Balaban J connectivity index is 1.55. The van der Waals surface area contributed by atoms with E-state index in [9.17, 15) is 13.2 Å². The third kappa shape index (κ3) is 6.11. The Kier molecular flexibility index (Phi) is 7.49. The van der Waals surface area contributed by atoms with Crippen molar-refractivity contribution in [3.8, 4) is 0 Å². The lowest BCUT2D eigenvalue weighted by molar-refractivity contribution is -0.00524. The first-order valence-electron chi connectivity index (χ1n) is 11.1. The van der Waals surface area contributed by atoms with Crippen LogP contribution in [-0.2, 0) is 14.8 Å². The zero-order chi connectivity index (χ0) is 22.8. The van der Waals surface area contributed by atoms with Crippen molar-refractivity contribution in [3.63, 3.8) is 0 Å². The number of morpholine rings is 1. The zero-order valence-corrected chi connectivity index (χ0v) is 20.0. The molecule has 2 fully saturated rings. The summed E-state index contributed by atoms with van der Waals surface area (Å²) in [5.74, 6) is 0. The molecule has 8 nitrogen and oxygen atoms in total. The van der Waals surface area contributed by atoms with E-state index in [1.165, 1.54) is 5.69 Å². The molecule has 0 radical (unpaired) electrons. The Hall–Kier alpha value is -1.84. The summed E-state index contributed by atoms with van der Waals surface area (Å²) in [6, 6.07) is 5.74. The number of carbonyl (C=O) groups excluding carboxylic acids is 1. The van der Waals surface area contributed by atoms with Crippen LogP contribution in [0.15, 0.2) is 18.2 Å². The number of hydrogen-bond acceptors (Lipinski definition) is 5. The molecule has 1 aromatic rings. The molecule has 0 saturated carbocycles. The highest BCUT2D eigenvalue weighted by molar-refractivity contribution is 7.90. The first-order valence-corrected chi connectivity index (χ1v) is 12.7. The topological polar surface area (TPSA) is 91.0 Å². The number of nitrogens with zero attached hydrogens (tertiary/aromatic N) is 2. The summed E-state index contributed by atoms with van der Waals surface area (Å²) >= 11 is 0. The van der Waals surface area contributed by atoms with Crippen LogP contribution in [0, 0.1) is 6.92 Å². The number of hydrogen-bond donors (Lipinski definition) is 2. The fraction of sp³-hybridized carbons (Fsp3) is 0.682. The van der Waals surface area contributed by atoms with E-state index in [2.05, 4.69) is 41.8 Å². The van der Waals surface area contributed by atoms with E-state index in [0.29, 0.717) is 25.9 Å². The van der Waals surface area contributed by atoms with Crippen molar-refractivity contribution in [1.82, 2.24) is 9.62 Å². The third-order valence-corrected chi connectivity index (χ3v) is 7.85. The van der Waals surface area contributed by atoms with E-state index >= 15 is 0 Å². The van der Waals surface area contributed by atoms with Crippen molar-refractivity contribution >= 4 is 27.4 Å². The van der Waals surface area contributed by atoms with Crippen LogP contribution in [0.2, 0.25) is 0 Å². The molecule has 1 aromatic carbocycles. The molecule has 2 aliphatic heterocycles. The van der Waals surface area contributed by atoms with Crippen LogP contribution in [0.25, 0.3) is 0 Å². The molecule has 2 saturated heterocycles. The van der Waals surface area contributed by atoms with Crippen molar-refractivity contribution in [1.29, 1.82) is 0 Å². The zero-order valence-electron chi connectivity index (χ0n) is 19.2. The summed E-state index contributed by atoms with van der Waals surface area (Å²) in [7, 11) is -3.29. The summed E-state index contributed by atoms with van der Waals surface area (Å²) < 4.78 is 32.7. The Morgan fingerprint density at radius 1 is 1.13 bits per heavy atom. The van der Waals surface area contributed by atoms with Gasteiger partial charge in [0.15, 0.2) is 0 Å². The van der Waals surface area contributed by atoms with E-state index in [1.807, 2.05) is 12.1 Å². The molecule has 2 N–H and O–H groups in total. The lowest BCUT2D eigenvalue weighted by atomic mass is 10.1. The number of ether oxygens (including phenoxy) is 1. The standard InChI is InChI=1S/C22H36N4O4S/c1-15(2)31(28,29)24-19-8-10-25(11-9-19)22(27)23-20-6-7-21(16(3)12-20)26-13-17(4)30-18(5)14-26/h6-7,12,15,17-19,24H,8-11,13-14H2,1-5H3,(H,23,27). The Bertz CT molecular complexity index is 871. The molecular weight excluding hydrogens is 416 g/mol. The monoisotopic (exact) mass is 452 g/mol. The average molecular weight is 453 g/mol. The van der Waals surface area contributed by atoms with Crippen LogP contribution in [0.5, 0.6) is 0 Å². The van der Waals surface area contributed by atoms with Crippen LogP contribution in [-0.4, -0.2) is 69.0 Å². The van der Waals surface area contributed by atoms with Gasteiger partial charge in [0.25, 0.3) is 0 Å². The van der Waals surface area contributed by atoms with E-state index < -0.39 is 15.3 Å². The number of aryl methyl sites for hydroxylation is 1. The van der Waals surface area contributed by atoms with Gasteiger partial charge in [0.1, 0.15) is 0 Å². The summed E-state index contributed by atoms with van der Waals surface area (Å²) in [6.45, 7) is 12.3. The molecule has 174 valence electrons. The van der Waals surface area contributed by atoms with Crippen LogP contribution in [0.3, 0.4) is 0 Å². The molecule has 3 rings (SSSR count). The number of nitrogens with one attached hydrogen (secondary N) is 2. The molecule has 2 aliphatic rings. The Morgan fingerprint density at radius 2 is 1.74 bits per heavy atom. The van der Waals surface area contributed by atoms with Gasteiger partial charge in [-0.25, -0.2) is 17.9 Å². The van der Waals surface area contributed by atoms with E-state index in [1.54, 1.807) is 18.7 Å². The maximum atomic E-state index is 12.7. The largest absolute Gasteiger partial charge is 0.372 e. The molecule has 31 heavy (non-hydrogen) atoms. The van der Waals surface area contributed by atoms with Crippen molar-refractivity contribution in [2.75, 3.05) is 36.4 Å².